The van der Waals surface area contributed by atoms with E-state index in [2.05, 4.69) is 10.3 Å². The molecule has 1 amide bonds. The number of nitrogens with zero attached hydrogens (tertiary/aromatic N) is 2. The first-order valence-electron chi connectivity index (χ1n) is 10.6. The molecule has 0 bridgehead atoms. The summed E-state index contributed by atoms with van der Waals surface area (Å²) in [6.45, 7) is 3.85. The number of anilines is 2. The number of hydrogen-bond acceptors (Lipinski definition) is 3. The smallest absolute Gasteiger partial charge is 0.366 e. The fraction of sp³-hybridized carbons (Fsp3) is 0.154. The molecule has 3 aromatic carbocycles. The molecule has 4 rings (SSSR count). The van der Waals surface area contributed by atoms with Gasteiger partial charge in [-0.25, -0.2) is 4.98 Å². The lowest BCUT2D eigenvalue weighted by molar-refractivity contribution is -0.138. The third-order valence-electron chi connectivity index (χ3n) is 5.57. The summed E-state index contributed by atoms with van der Waals surface area (Å²) in [5, 5.41) is 3.24. The maximum absolute atomic E-state index is 13.6. The first-order chi connectivity index (χ1) is 16.2. The molecule has 0 aliphatic rings. The zero-order valence-corrected chi connectivity index (χ0v) is 18.6. The summed E-state index contributed by atoms with van der Waals surface area (Å²) in [6, 6.07) is 16.0. The highest BCUT2D eigenvalue weighted by molar-refractivity contribution is 5.96. The molecule has 1 aromatic heterocycles. The van der Waals surface area contributed by atoms with Gasteiger partial charge in [-0.2, -0.15) is 13.2 Å². The van der Waals surface area contributed by atoms with Crippen LogP contribution in [0.4, 0.5) is 24.8 Å². The number of nitrogens with two attached hydrogens (primary N) is 1. The van der Waals surface area contributed by atoms with Crippen molar-refractivity contribution in [1.29, 1.82) is 0 Å². The lowest BCUT2D eigenvalue weighted by atomic mass is 10.1. The SMILES string of the molecule is C/C=C\c1cc(Nc2nc3cc(C(N)=O)ccc3n2Cc2ccccc2C(F)(F)F)ccc1C. The molecular formula is C26H23F3N4O. The third kappa shape index (κ3) is 4.66. The number of imidazole rings is 1. The normalized spacial score (nSPS) is 11.9. The van der Waals surface area contributed by atoms with Gasteiger partial charge in [0.25, 0.3) is 0 Å². The highest BCUT2D eigenvalue weighted by atomic mass is 19.4. The van der Waals surface area contributed by atoms with Gasteiger partial charge in [-0.15, -0.1) is 0 Å². The Kier molecular flexibility index (Phi) is 6.15. The van der Waals surface area contributed by atoms with Crippen molar-refractivity contribution in [3.05, 3.63) is 94.6 Å². The van der Waals surface area contributed by atoms with E-state index in [0.717, 1.165) is 22.9 Å². The first kappa shape index (κ1) is 23.1. The quantitative estimate of drug-likeness (QED) is 0.352. The summed E-state index contributed by atoms with van der Waals surface area (Å²) < 4.78 is 42.6. The number of allylic oxidation sites excluding steroid dienone is 1. The zero-order chi connectivity index (χ0) is 24.5. The van der Waals surface area contributed by atoms with Crippen molar-refractivity contribution in [2.45, 2.75) is 26.6 Å². The topological polar surface area (TPSA) is 72.9 Å². The van der Waals surface area contributed by atoms with Crippen LogP contribution in [0.5, 0.6) is 0 Å². The van der Waals surface area contributed by atoms with Gasteiger partial charge in [-0.05, 0) is 66.9 Å². The number of carbonyl (C=O) groups excluding carboxylic acids is 1. The van der Waals surface area contributed by atoms with Crippen LogP contribution in [0.15, 0.2) is 66.7 Å². The summed E-state index contributed by atoms with van der Waals surface area (Å²) in [6.07, 6.45) is -0.582. The Morgan fingerprint density at radius 1 is 1.12 bits per heavy atom. The molecule has 0 aliphatic heterocycles. The average Bonchev–Trinajstić information content (AvgIpc) is 3.12. The Balaban J connectivity index is 1.84. The predicted molar refractivity (Wildman–Crippen MR) is 128 cm³/mol. The molecule has 0 radical (unpaired) electrons. The van der Waals surface area contributed by atoms with Gasteiger partial charge in [0.2, 0.25) is 11.9 Å². The minimum absolute atomic E-state index is 0.0714. The monoisotopic (exact) mass is 464 g/mol. The van der Waals surface area contributed by atoms with Crippen molar-refractivity contribution in [3.8, 4) is 0 Å². The summed E-state index contributed by atoms with van der Waals surface area (Å²) in [4.78, 5) is 16.2. The Hall–Kier alpha value is -4.07. The number of halogens is 3. The van der Waals surface area contributed by atoms with Crippen molar-refractivity contribution < 1.29 is 18.0 Å². The van der Waals surface area contributed by atoms with Crippen LogP contribution in [0.1, 0.15) is 39.5 Å². The van der Waals surface area contributed by atoms with E-state index >= 15 is 0 Å². The van der Waals surface area contributed by atoms with Gasteiger partial charge in [-0.3, -0.25) is 4.79 Å². The number of benzene rings is 3. The standard InChI is InChI=1S/C26H23F3N4O/c1-3-6-17-13-20(11-9-16(17)2)31-25-32-22-14-18(24(30)34)10-12-23(22)33(25)15-19-7-4-5-8-21(19)26(27,28)29/h3-14H,15H2,1-2H3,(H2,30,34)(H,31,32)/b6-3-. The molecule has 0 saturated carbocycles. The second kappa shape index (κ2) is 9.05. The number of rotatable bonds is 6. The van der Waals surface area contributed by atoms with Gasteiger partial charge in [0.1, 0.15) is 0 Å². The van der Waals surface area contributed by atoms with Crippen LogP contribution >= 0.6 is 0 Å². The molecule has 8 heteroatoms. The molecule has 1 heterocycles. The van der Waals surface area contributed by atoms with Crippen molar-refractivity contribution in [2.75, 3.05) is 5.32 Å². The second-order valence-electron chi connectivity index (χ2n) is 7.94. The number of fused-ring (bicyclic) bond motifs is 1. The predicted octanol–water partition coefficient (Wildman–Crippen LogP) is 6.29. The van der Waals surface area contributed by atoms with Gasteiger partial charge in [0.05, 0.1) is 23.1 Å². The number of primary amides is 1. The van der Waals surface area contributed by atoms with E-state index in [0.29, 0.717) is 17.0 Å². The largest absolute Gasteiger partial charge is 0.416 e. The molecule has 0 saturated heterocycles. The van der Waals surface area contributed by atoms with E-state index in [1.807, 2.05) is 44.2 Å². The van der Waals surface area contributed by atoms with Crippen LogP contribution in [-0.2, 0) is 12.7 Å². The summed E-state index contributed by atoms with van der Waals surface area (Å²) in [5.41, 5.74) is 8.92. The second-order valence-corrected chi connectivity index (χ2v) is 7.94. The van der Waals surface area contributed by atoms with E-state index < -0.39 is 17.6 Å². The Morgan fingerprint density at radius 3 is 2.59 bits per heavy atom. The minimum atomic E-state index is -4.49. The van der Waals surface area contributed by atoms with Crippen LogP contribution in [0.2, 0.25) is 0 Å². The number of aryl methyl sites for hydroxylation is 1. The molecule has 0 atom stereocenters. The van der Waals surface area contributed by atoms with E-state index in [1.165, 1.54) is 24.3 Å². The van der Waals surface area contributed by atoms with Gasteiger partial charge in [0.15, 0.2) is 0 Å². The lowest BCUT2D eigenvalue weighted by Gasteiger charge is -2.16. The third-order valence-corrected chi connectivity index (χ3v) is 5.57. The van der Waals surface area contributed by atoms with Crippen LogP contribution in [0.3, 0.4) is 0 Å². The van der Waals surface area contributed by atoms with Crippen LogP contribution in [0.25, 0.3) is 17.1 Å². The molecule has 174 valence electrons. The maximum Gasteiger partial charge on any atom is 0.416 e. The van der Waals surface area contributed by atoms with Crippen LogP contribution < -0.4 is 11.1 Å². The first-order valence-corrected chi connectivity index (χ1v) is 10.6. The fourth-order valence-corrected chi connectivity index (χ4v) is 3.85. The zero-order valence-electron chi connectivity index (χ0n) is 18.6. The van der Waals surface area contributed by atoms with Crippen molar-refractivity contribution in [1.82, 2.24) is 9.55 Å². The fourth-order valence-electron chi connectivity index (χ4n) is 3.85. The van der Waals surface area contributed by atoms with Crippen molar-refractivity contribution in [3.63, 3.8) is 0 Å². The molecule has 34 heavy (non-hydrogen) atoms. The Labute approximate surface area is 194 Å². The molecular weight excluding hydrogens is 441 g/mol. The molecule has 0 spiro atoms. The summed E-state index contributed by atoms with van der Waals surface area (Å²) in [7, 11) is 0. The van der Waals surface area contributed by atoms with Gasteiger partial charge in [0, 0.05) is 11.3 Å². The molecule has 4 aromatic rings. The highest BCUT2D eigenvalue weighted by Crippen LogP contribution is 2.34. The maximum atomic E-state index is 13.6. The van der Waals surface area contributed by atoms with E-state index in [9.17, 15) is 18.0 Å². The number of amides is 1. The number of aromatic nitrogens is 2. The molecule has 0 aliphatic carbocycles. The van der Waals surface area contributed by atoms with Crippen LogP contribution in [-0.4, -0.2) is 15.5 Å². The van der Waals surface area contributed by atoms with Crippen molar-refractivity contribution >= 4 is 34.7 Å². The van der Waals surface area contributed by atoms with Gasteiger partial charge in [-0.1, -0.05) is 36.4 Å². The van der Waals surface area contributed by atoms with E-state index in [-0.39, 0.29) is 17.7 Å². The number of alkyl halides is 3. The lowest BCUT2D eigenvalue weighted by Crippen LogP contribution is -2.13. The Morgan fingerprint density at radius 2 is 1.88 bits per heavy atom. The van der Waals surface area contributed by atoms with E-state index in [4.69, 9.17) is 5.73 Å². The highest BCUT2D eigenvalue weighted by Gasteiger charge is 2.33. The molecule has 0 fully saturated rings. The number of carbonyl (C=O) groups is 1. The number of nitrogens with one attached hydrogen (secondary N) is 1. The Bertz CT molecular complexity index is 1400. The average molecular weight is 464 g/mol. The van der Waals surface area contributed by atoms with Gasteiger partial charge < -0.3 is 15.6 Å². The minimum Gasteiger partial charge on any atom is -0.366 e. The van der Waals surface area contributed by atoms with Gasteiger partial charge >= 0.3 is 6.18 Å². The van der Waals surface area contributed by atoms with Crippen molar-refractivity contribution in [2.24, 2.45) is 5.73 Å². The van der Waals surface area contributed by atoms with Crippen LogP contribution in [0, 0.1) is 6.92 Å². The molecule has 0 unspecified atom stereocenters. The van der Waals surface area contributed by atoms with E-state index in [1.54, 1.807) is 16.7 Å². The molecule has 3 N–H and O–H groups in total. The number of hydrogen-bond donors (Lipinski definition) is 2. The molecule has 5 nitrogen and oxygen atoms in total. The summed E-state index contributed by atoms with van der Waals surface area (Å²) >= 11 is 0. The summed E-state index contributed by atoms with van der Waals surface area (Å²) in [5.74, 6) is -0.258.